The van der Waals surface area contributed by atoms with Crippen LogP contribution in [0, 0.1) is 0 Å². The van der Waals surface area contributed by atoms with Crippen LogP contribution in [0.15, 0.2) is 0 Å². The van der Waals surface area contributed by atoms with Crippen LogP contribution in [-0.4, -0.2) is 36.0 Å². The molecule has 0 saturated carbocycles. The zero-order chi connectivity index (χ0) is 12.6. The van der Waals surface area contributed by atoms with E-state index in [2.05, 4.69) is 10.6 Å². The van der Waals surface area contributed by atoms with Gasteiger partial charge in [-0.3, -0.25) is 0 Å². The molecule has 0 aromatic rings. The first-order chi connectivity index (χ1) is 7.45. The lowest BCUT2D eigenvalue weighted by atomic mass is 10.00. The van der Waals surface area contributed by atoms with Crippen molar-refractivity contribution < 1.29 is 14.7 Å². The Kier molecular flexibility index (Phi) is 6.19. The van der Waals surface area contributed by atoms with Gasteiger partial charge in [0.25, 0.3) is 0 Å². The lowest BCUT2D eigenvalue weighted by Gasteiger charge is -2.34. The van der Waals surface area contributed by atoms with Gasteiger partial charge in [0, 0.05) is 13.0 Å². The van der Waals surface area contributed by atoms with Gasteiger partial charge in [-0.2, -0.15) is 0 Å². The Labute approximate surface area is 93.5 Å². The predicted octanol–water partition coefficient (Wildman–Crippen LogP) is -1.86. The molecule has 0 radical (unpaired) electrons. The molecule has 0 aliphatic rings. The average molecular weight is 233 g/mol. The van der Waals surface area contributed by atoms with E-state index in [9.17, 15) is 9.59 Å². The molecule has 8 nitrogen and oxygen atoms in total. The van der Waals surface area contributed by atoms with E-state index in [-0.39, 0.29) is 13.0 Å². The van der Waals surface area contributed by atoms with E-state index in [0.29, 0.717) is 19.4 Å². The molecule has 0 spiro atoms. The highest BCUT2D eigenvalue weighted by Crippen LogP contribution is 2.13. The van der Waals surface area contributed by atoms with E-state index in [1.807, 2.05) is 0 Å². The van der Waals surface area contributed by atoms with Gasteiger partial charge < -0.3 is 32.9 Å². The van der Waals surface area contributed by atoms with Crippen LogP contribution in [0.2, 0.25) is 0 Å². The van der Waals surface area contributed by atoms with Gasteiger partial charge in [-0.1, -0.05) is 0 Å². The molecule has 0 fully saturated rings. The van der Waals surface area contributed by atoms with E-state index in [4.69, 9.17) is 22.3 Å². The van der Waals surface area contributed by atoms with Crippen LogP contribution in [0.1, 0.15) is 19.3 Å². The molecule has 0 rings (SSSR count). The minimum Gasteiger partial charge on any atom is -0.396 e. The Morgan fingerprint density at radius 1 is 1.12 bits per heavy atom. The Balaban J connectivity index is 4.71. The highest BCUT2D eigenvalue weighted by Gasteiger charge is 2.31. The molecule has 0 aliphatic heterocycles. The number of urea groups is 2. The second-order valence-electron chi connectivity index (χ2n) is 3.43. The fourth-order valence-electron chi connectivity index (χ4n) is 1.47. The van der Waals surface area contributed by atoms with E-state index >= 15 is 0 Å². The maximum absolute atomic E-state index is 10.8. The van der Waals surface area contributed by atoms with Gasteiger partial charge in [0.05, 0.1) is 0 Å². The van der Waals surface area contributed by atoms with E-state index in [0.717, 1.165) is 0 Å². The maximum atomic E-state index is 10.8. The molecule has 0 aromatic heterocycles. The summed E-state index contributed by atoms with van der Waals surface area (Å²) >= 11 is 0. The number of aliphatic hydroxyl groups is 1. The lowest BCUT2D eigenvalue weighted by Crippen LogP contribution is -2.63. The second kappa shape index (κ2) is 6.85. The summed E-state index contributed by atoms with van der Waals surface area (Å²) in [5.41, 5.74) is 14.2. The van der Waals surface area contributed by atoms with E-state index < -0.39 is 17.7 Å². The third-order valence-corrected chi connectivity index (χ3v) is 2.07. The summed E-state index contributed by atoms with van der Waals surface area (Å²) in [5.74, 6) is 0. The van der Waals surface area contributed by atoms with Crippen LogP contribution in [-0.2, 0) is 0 Å². The van der Waals surface area contributed by atoms with Crippen LogP contribution in [0.25, 0.3) is 0 Å². The zero-order valence-corrected chi connectivity index (χ0v) is 9.03. The molecule has 0 bridgehead atoms. The van der Waals surface area contributed by atoms with Crippen LogP contribution >= 0.6 is 0 Å². The van der Waals surface area contributed by atoms with Crippen molar-refractivity contribution in [2.45, 2.75) is 24.9 Å². The molecule has 0 atom stereocenters. The smallest absolute Gasteiger partial charge is 0.314 e. The standard InChI is InChI=1S/C8H19N5O3/c9-4-1-2-8(3-5-14,12-6(10)15)13-7(11)16/h14H,1-5,9H2,(H3,10,12,15)(H3,11,13,16). The Morgan fingerprint density at radius 2 is 1.62 bits per heavy atom. The number of nitrogens with two attached hydrogens (primary N) is 3. The Hall–Kier alpha value is -1.54. The monoisotopic (exact) mass is 233 g/mol. The van der Waals surface area contributed by atoms with Gasteiger partial charge in [0.2, 0.25) is 0 Å². The molecule has 0 aliphatic carbocycles. The van der Waals surface area contributed by atoms with Gasteiger partial charge >= 0.3 is 12.1 Å². The quantitative estimate of drug-likeness (QED) is 0.285. The van der Waals surface area contributed by atoms with E-state index in [1.165, 1.54) is 0 Å². The number of hydrogen-bond donors (Lipinski definition) is 6. The van der Waals surface area contributed by atoms with Crippen molar-refractivity contribution in [3.05, 3.63) is 0 Å². The average Bonchev–Trinajstić information content (AvgIpc) is 2.13. The van der Waals surface area contributed by atoms with Gasteiger partial charge in [-0.15, -0.1) is 0 Å². The number of carbonyl (C=O) groups is 2. The topological polar surface area (TPSA) is 156 Å². The fourth-order valence-corrected chi connectivity index (χ4v) is 1.47. The maximum Gasteiger partial charge on any atom is 0.314 e. The molecule has 0 aromatic carbocycles. The summed E-state index contributed by atoms with van der Waals surface area (Å²) in [4.78, 5) is 21.7. The number of amides is 4. The van der Waals surface area contributed by atoms with Crippen molar-refractivity contribution in [2.24, 2.45) is 17.2 Å². The van der Waals surface area contributed by atoms with Gasteiger partial charge in [-0.25, -0.2) is 9.59 Å². The minimum atomic E-state index is -1.13. The third kappa shape index (κ3) is 5.37. The van der Waals surface area contributed by atoms with Crippen molar-refractivity contribution in [1.29, 1.82) is 0 Å². The Morgan fingerprint density at radius 3 is 1.94 bits per heavy atom. The van der Waals surface area contributed by atoms with Crippen LogP contribution < -0.4 is 27.8 Å². The number of hydrogen-bond acceptors (Lipinski definition) is 4. The number of aliphatic hydroxyl groups excluding tert-OH is 1. The number of primary amides is 2. The SMILES string of the molecule is NCCCC(CCO)(NC(N)=O)NC(N)=O. The highest BCUT2D eigenvalue weighted by molar-refractivity contribution is 5.76. The van der Waals surface area contributed by atoms with Gasteiger partial charge in [-0.05, 0) is 19.4 Å². The fraction of sp³-hybridized carbons (Fsp3) is 0.750. The first-order valence-electron chi connectivity index (χ1n) is 4.92. The van der Waals surface area contributed by atoms with Crippen molar-refractivity contribution >= 4 is 12.1 Å². The number of carbonyl (C=O) groups excluding carboxylic acids is 2. The highest BCUT2D eigenvalue weighted by atomic mass is 16.3. The van der Waals surface area contributed by atoms with Crippen molar-refractivity contribution in [3.63, 3.8) is 0 Å². The summed E-state index contributed by atoms with van der Waals surface area (Å²) in [6.07, 6.45) is 0.995. The number of rotatable bonds is 7. The van der Waals surface area contributed by atoms with Gasteiger partial charge in [0.1, 0.15) is 5.66 Å². The summed E-state index contributed by atoms with van der Waals surface area (Å²) in [7, 11) is 0. The van der Waals surface area contributed by atoms with Crippen LogP contribution in [0.4, 0.5) is 9.59 Å². The first-order valence-corrected chi connectivity index (χ1v) is 4.92. The van der Waals surface area contributed by atoms with E-state index in [1.54, 1.807) is 0 Å². The lowest BCUT2D eigenvalue weighted by molar-refractivity contribution is 0.167. The molecule has 4 amide bonds. The summed E-state index contributed by atoms with van der Waals surface area (Å²) in [6.45, 7) is 0.152. The number of nitrogens with one attached hydrogen (secondary N) is 2. The van der Waals surface area contributed by atoms with Gasteiger partial charge in [0.15, 0.2) is 0 Å². The Bertz CT molecular complexity index is 230. The predicted molar refractivity (Wildman–Crippen MR) is 58.2 cm³/mol. The van der Waals surface area contributed by atoms with Crippen molar-refractivity contribution in [1.82, 2.24) is 10.6 Å². The molecule has 16 heavy (non-hydrogen) atoms. The molecule has 8 heteroatoms. The zero-order valence-electron chi connectivity index (χ0n) is 9.03. The second-order valence-corrected chi connectivity index (χ2v) is 3.43. The van der Waals surface area contributed by atoms with Crippen LogP contribution in [0.5, 0.6) is 0 Å². The molecular weight excluding hydrogens is 214 g/mol. The summed E-state index contributed by atoms with van der Waals surface area (Å²) in [5, 5.41) is 13.7. The molecular formula is C8H19N5O3. The molecule has 0 heterocycles. The van der Waals surface area contributed by atoms with Crippen molar-refractivity contribution in [3.8, 4) is 0 Å². The molecule has 94 valence electrons. The third-order valence-electron chi connectivity index (χ3n) is 2.07. The molecule has 9 N–H and O–H groups in total. The largest absolute Gasteiger partial charge is 0.396 e. The van der Waals surface area contributed by atoms with Crippen LogP contribution in [0.3, 0.4) is 0 Å². The summed E-state index contributed by atoms with van der Waals surface area (Å²) < 4.78 is 0. The first kappa shape index (κ1) is 14.5. The molecule has 0 saturated heterocycles. The van der Waals surface area contributed by atoms with Crippen molar-refractivity contribution in [2.75, 3.05) is 13.2 Å². The molecule has 0 unspecified atom stereocenters. The normalized spacial score (nSPS) is 10.9. The summed E-state index contributed by atoms with van der Waals surface area (Å²) in [6, 6.07) is -1.61. The minimum absolute atomic E-state index is 0.110.